The maximum absolute atomic E-state index is 5.97. The first-order valence-corrected chi connectivity index (χ1v) is 9.16. The van der Waals surface area contributed by atoms with Crippen LogP contribution in [0.15, 0.2) is 42.7 Å². The van der Waals surface area contributed by atoms with E-state index in [1.165, 1.54) is 31.2 Å². The monoisotopic (exact) mass is 340 g/mol. The van der Waals surface area contributed by atoms with Gasteiger partial charge in [-0.3, -0.25) is 4.98 Å². The van der Waals surface area contributed by atoms with E-state index >= 15 is 0 Å². The van der Waals surface area contributed by atoms with Crippen LogP contribution in [0, 0.1) is 5.92 Å². The number of hydrogen-bond donors (Lipinski definition) is 1. The molecule has 3 rings (SSSR count). The van der Waals surface area contributed by atoms with E-state index < -0.39 is 0 Å². The molecule has 2 aromatic rings. The molecule has 1 aromatic heterocycles. The molecule has 1 fully saturated rings. The summed E-state index contributed by atoms with van der Waals surface area (Å²) in [6.07, 6.45) is 8.85. The molecule has 1 aromatic carbocycles. The number of benzene rings is 1. The Balaban J connectivity index is 1.61. The van der Waals surface area contributed by atoms with E-state index in [0.717, 1.165) is 29.5 Å². The first kappa shape index (κ1) is 17.7. The van der Waals surface area contributed by atoms with Crippen molar-refractivity contribution in [3.63, 3.8) is 0 Å². The Kier molecular flexibility index (Phi) is 6.29. The lowest BCUT2D eigenvalue weighted by Crippen LogP contribution is -2.33. The fraction of sp³-hybridized carbons (Fsp3) is 0.476. The number of nitrogens with one attached hydrogen (secondary N) is 1. The van der Waals surface area contributed by atoms with Crippen molar-refractivity contribution in [3.05, 3.63) is 53.9 Å². The number of nitrogens with zero attached hydrogens (tertiary/aromatic N) is 1. The summed E-state index contributed by atoms with van der Waals surface area (Å²) in [4.78, 5) is 4.12. The lowest BCUT2D eigenvalue weighted by Gasteiger charge is -2.27. The Bertz CT molecular complexity index is 660. The van der Waals surface area contributed by atoms with Gasteiger partial charge in [-0.2, -0.15) is 0 Å². The maximum atomic E-state index is 5.97. The van der Waals surface area contributed by atoms with Gasteiger partial charge in [-0.25, -0.2) is 0 Å². The number of aromatic nitrogens is 1. The van der Waals surface area contributed by atoms with Gasteiger partial charge in [0.15, 0.2) is 11.5 Å². The molecule has 4 heteroatoms. The van der Waals surface area contributed by atoms with Crippen LogP contribution in [0.25, 0.3) is 0 Å². The number of methoxy groups -OCH3 is 1. The van der Waals surface area contributed by atoms with Crippen LogP contribution in [0.2, 0.25) is 0 Å². The van der Waals surface area contributed by atoms with Crippen molar-refractivity contribution < 1.29 is 9.47 Å². The normalized spacial score (nSPS) is 20.2. The Morgan fingerprint density at radius 2 is 2.08 bits per heavy atom. The quantitative estimate of drug-likeness (QED) is 0.814. The SMILES string of the molecule is COc1ccc(CNC2CCCC(C)C2)cc1OCc1cccnc1. The molecule has 0 bridgehead atoms. The second kappa shape index (κ2) is 8.86. The number of pyridine rings is 1. The third kappa shape index (κ3) is 5.20. The topological polar surface area (TPSA) is 43.4 Å². The molecule has 1 heterocycles. The van der Waals surface area contributed by atoms with Crippen LogP contribution in [0.1, 0.15) is 43.7 Å². The second-order valence-electron chi connectivity index (χ2n) is 6.98. The van der Waals surface area contributed by atoms with Gasteiger partial charge in [-0.1, -0.05) is 31.9 Å². The molecule has 2 atom stereocenters. The first-order valence-electron chi connectivity index (χ1n) is 9.16. The Morgan fingerprint density at radius 1 is 1.16 bits per heavy atom. The minimum Gasteiger partial charge on any atom is -0.493 e. The molecule has 0 radical (unpaired) electrons. The van der Waals surface area contributed by atoms with Crippen LogP contribution >= 0.6 is 0 Å². The van der Waals surface area contributed by atoms with Crippen LogP contribution in [-0.4, -0.2) is 18.1 Å². The maximum Gasteiger partial charge on any atom is 0.161 e. The third-order valence-electron chi connectivity index (χ3n) is 4.88. The van der Waals surface area contributed by atoms with Crippen LogP contribution in [0.4, 0.5) is 0 Å². The summed E-state index contributed by atoms with van der Waals surface area (Å²) in [6, 6.07) is 10.7. The summed E-state index contributed by atoms with van der Waals surface area (Å²) in [5.74, 6) is 2.38. The molecular weight excluding hydrogens is 312 g/mol. The van der Waals surface area contributed by atoms with Gasteiger partial charge in [0, 0.05) is 30.5 Å². The molecule has 0 amide bonds. The van der Waals surface area contributed by atoms with Gasteiger partial charge < -0.3 is 14.8 Å². The van der Waals surface area contributed by atoms with Crippen LogP contribution < -0.4 is 14.8 Å². The molecule has 1 aliphatic rings. The largest absolute Gasteiger partial charge is 0.493 e. The zero-order chi connectivity index (χ0) is 17.5. The molecule has 1 saturated carbocycles. The van der Waals surface area contributed by atoms with Gasteiger partial charge in [0.2, 0.25) is 0 Å². The fourth-order valence-corrected chi connectivity index (χ4v) is 3.47. The van der Waals surface area contributed by atoms with Gasteiger partial charge in [0.05, 0.1) is 7.11 Å². The summed E-state index contributed by atoms with van der Waals surface area (Å²) < 4.78 is 11.4. The highest BCUT2D eigenvalue weighted by Crippen LogP contribution is 2.29. The molecule has 25 heavy (non-hydrogen) atoms. The van der Waals surface area contributed by atoms with Crippen molar-refractivity contribution in [1.29, 1.82) is 0 Å². The highest BCUT2D eigenvalue weighted by Gasteiger charge is 2.18. The minimum absolute atomic E-state index is 0.487. The van der Waals surface area contributed by atoms with Gasteiger partial charge in [0.1, 0.15) is 6.61 Å². The van der Waals surface area contributed by atoms with Crippen molar-refractivity contribution in [2.45, 2.75) is 51.8 Å². The van der Waals surface area contributed by atoms with E-state index in [1.54, 1.807) is 13.3 Å². The third-order valence-corrected chi connectivity index (χ3v) is 4.88. The van der Waals surface area contributed by atoms with Gasteiger partial charge in [-0.05, 0) is 42.5 Å². The Morgan fingerprint density at radius 3 is 2.84 bits per heavy atom. The molecule has 2 unspecified atom stereocenters. The first-order chi connectivity index (χ1) is 12.2. The average molecular weight is 340 g/mol. The number of rotatable bonds is 7. The molecule has 1 aliphatic carbocycles. The van der Waals surface area contributed by atoms with E-state index in [0.29, 0.717) is 12.6 Å². The van der Waals surface area contributed by atoms with Crippen LogP contribution in [-0.2, 0) is 13.2 Å². The van der Waals surface area contributed by atoms with Crippen LogP contribution in [0.3, 0.4) is 0 Å². The highest BCUT2D eigenvalue weighted by molar-refractivity contribution is 5.43. The lowest BCUT2D eigenvalue weighted by molar-refractivity contribution is 0.283. The fourth-order valence-electron chi connectivity index (χ4n) is 3.47. The van der Waals surface area contributed by atoms with E-state index in [4.69, 9.17) is 9.47 Å². The Labute approximate surface area is 150 Å². The van der Waals surface area contributed by atoms with E-state index in [9.17, 15) is 0 Å². The zero-order valence-electron chi connectivity index (χ0n) is 15.2. The molecule has 0 spiro atoms. The van der Waals surface area contributed by atoms with Gasteiger partial charge in [0.25, 0.3) is 0 Å². The summed E-state index contributed by atoms with van der Waals surface area (Å²) in [7, 11) is 1.67. The summed E-state index contributed by atoms with van der Waals surface area (Å²) in [5.41, 5.74) is 2.27. The number of ether oxygens (including phenoxy) is 2. The van der Waals surface area contributed by atoms with E-state index in [-0.39, 0.29) is 0 Å². The predicted molar refractivity (Wildman–Crippen MR) is 99.8 cm³/mol. The summed E-state index contributed by atoms with van der Waals surface area (Å²) >= 11 is 0. The van der Waals surface area contributed by atoms with Crippen molar-refractivity contribution in [2.24, 2.45) is 5.92 Å². The van der Waals surface area contributed by atoms with Crippen molar-refractivity contribution in [3.8, 4) is 11.5 Å². The van der Waals surface area contributed by atoms with Crippen molar-refractivity contribution in [2.75, 3.05) is 7.11 Å². The highest BCUT2D eigenvalue weighted by atomic mass is 16.5. The summed E-state index contributed by atoms with van der Waals surface area (Å²) in [6.45, 7) is 3.71. The molecular formula is C21H28N2O2. The van der Waals surface area contributed by atoms with E-state index in [1.807, 2.05) is 24.4 Å². The lowest BCUT2D eigenvalue weighted by atomic mass is 9.87. The standard InChI is InChI=1S/C21H28N2O2/c1-16-5-3-7-19(11-16)23-14-17-8-9-20(24-2)21(12-17)25-15-18-6-4-10-22-13-18/h4,6,8-10,12-13,16,19,23H,3,5,7,11,14-15H2,1-2H3. The zero-order valence-corrected chi connectivity index (χ0v) is 15.2. The smallest absolute Gasteiger partial charge is 0.161 e. The van der Waals surface area contributed by atoms with Crippen LogP contribution in [0.5, 0.6) is 11.5 Å². The van der Waals surface area contributed by atoms with Crippen molar-refractivity contribution >= 4 is 0 Å². The minimum atomic E-state index is 0.487. The second-order valence-corrected chi connectivity index (χ2v) is 6.98. The summed E-state index contributed by atoms with van der Waals surface area (Å²) in [5, 5.41) is 3.70. The number of hydrogen-bond acceptors (Lipinski definition) is 4. The predicted octanol–water partition coefficient (Wildman–Crippen LogP) is 4.34. The Hall–Kier alpha value is -2.07. The van der Waals surface area contributed by atoms with Crippen molar-refractivity contribution in [1.82, 2.24) is 10.3 Å². The van der Waals surface area contributed by atoms with E-state index in [2.05, 4.69) is 29.4 Å². The molecule has 0 aliphatic heterocycles. The van der Waals surface area contributed by atoms with Gasteiger partial charge >= 0.3 is 0 Å². The molecule has 134 valence electrons. The average Bonchev–Trinajstić information content (AvgIpc) is 2.65. The molecule has 4 nitrogen and oxygen atoms in total. The molecule has 1 N–H and O–H groups in total. The molecule has 0 saturated heterocycles. The van der Waals surface area contributed by atoms with Gasteiger partial charge in [-0.15, -0.1) is 0 Å².